The molecular weight excluding hydrogens is 356 g/mol. The number of rotatable bonds is 6. The lowest BCUT2D eigenvalue weighted by Crippen LogP contribution is -2.39. The van der Waals surface area contributed by atoms with Crippen LogP contribution in [0.3, 0.4) is 0 Å². The molecule has 0 saturated heterocycles. The van der Waals surface area contributed by atoms with Gasteiger partial charge in [-0.3, -0.25) is 5.32 Å². The van der Waals surface area contributed by atoms with Gasteiger partial charge in [-0.05, 0) is 57.0 Å². The summed E-state index contributed by atoms with van der Waals surface area (Å²) in [5, 5.41) is 10.6. The number of nitrogens with one attached hydrogen (secondary N) is 1. The van der Waals surface area contributed by atoms with E-state index < -0.39 is 5.60 Å². The Morgan fingerprint density at radius 3 is 2.54 bits per heavy atom. The SMILES string of the molecule is C=N/N=C(\OCNCC)c1ccc(C2=CCN(C(=O)OC(C)(C)C)CC2)cc1. The second kappa shape index (κ2) is 10.0. The first-order valence-corrected chi connectivity index (χ1v) is 9.49. The summed E-state index contributed by atoms with van der Waals surface area (Å²) in [5.74, 6) is 0.427. The van der Waals surface area contributed by atoms with Crippen molar-refractivity contribution in [2.24, 2.45) is 10.2 Å². The minimum Gasteiger partial charge on any atom is -0.460 e. The molecule has 0 fully saturated rings. The molecule has 1 N–H and O–H groups in total. The highest BCUT2D eigenvalue weighted by Gasteiger charge is 2.23. The second-order valence-electron chi connectivity index (χ2n) is 7.42. The largest absolute Gasteiger partial charge is 0.460 e. The van der Waals surface area contributed by atoms with Crippen LogP contribution in [0, 0.1) is 0 Å². The van der Waals surface area contributed by atoms with Gasteiger partial charge in [0, 0.05) is 25.4 Å². The normalized spacial score (nSPS) is 15.1. The summed E-state index contributed by atoms with van der Waals surface area (Å²) < 4.78 is 11.0. The second-order valence-corrected chi connectivity index (χ2v) is 7.42. The molecule has 152 valence electrons. The smallest absolute Gasteiger partial charge is 0.410 e. The summed E-state index contributed by atoms with van der Waals surface area (Å²) in [7, 11) is 0. The number of benzene rings is 1. The molecule has 1 amide bonds. The molecule has 0 aliphatic carbocycles. The van der Waals surface area contributed by atoms with Crippen molar-refractivity contribution in [2.75, 3.05) is 26.4 Å². The van der Waals surface area contributed by atoms with E-state index in [-0.39, 0.29) is 6.09 Å². The number of hydrogen-bond donors (Lipinski definition) is 1. The zero-order chi connectivity index (χ0) is 20.6. The van der Waals surface area contributed by atoms with Crippen LogP contribution in [0.25, 0.3) is 5.57 Å². The third kappa shape index (κ3) is 6.49. The number of nitrogens with zero attached hydrogens (tertiary/aromatic N) is 3. The Balaban J connectivity index is 2.02. The van der Waals surface area contributed by atoms with Crippen molar-refractivity contribution in [1.29, 1.82) is 0 Å². The minimum absolute atomic E-state index is 0.270. The standard InChI is InChI=1S/C21H30N4O3/c1-6-23-15-27-19(24-22-5)18-9-7-16(8-10-18)17-11-13-25(14-12-17)20(26)28-21(2,3)4/h7-11,23H,5-6,12-15H2,1-4H3/b24-19-. The predicted octanol–water partition coefficient (Wildman–Crippen LogP) is 3.66. The maximum atomic E-state index is 12.2. The number of carbonyl (C=O) groups is 1. The molecule has 0 unspecified atom stereocenters. The van der Waals surface area contributed by atoms with Gasteiger partial charge in [0.15, 0.2) is 0 Å². The molecule has 28 heavy (non-hydrogen) atoms. The molecular formula is C21H30N4O3. The van der Waals surface area contributed by atoms with Gasteiger partial charge >= 0.3 is 6.09 Å². The first-order valence-electron chi connectivity index (χ1n) is 9.49. The Labute approximate surface area is 167 Å². The zero-order valence-corrected chi connectivity index (χ0v) is 17.2. The van der Waals surface area contributed by atoms with Crippen molar-refractivity contribution in [3.05, 3.63) is 41.5 Å². The molecule has 1 heterocycles. The first-order chi connectivity index (χ1) is 13.3. The van der Waals surface area contributed by atoms with E-state index in [4.69, 9.17) is 9.47 Å². The number of amides is 1. The van der Waals surface area contributed by atoms with Gasteiger partial charge in [0.05, 0.1) is 0 Å². The van der Waals surface area contributed by atoms with Crippen LogP contribution in [-0.4, -0.2) is 55.6 Å². The fraction of sp³-hybridized carbons (Fsp3) is 0.476. The third-order valence-corrected chi connectivity index (χ3v) is 4.09. The van der Waals surface area contributed by atoms with Crippen LogP contribution in [-0.2, 0) is 9.47 Å². The van der Waals surface area contributed by atoms with E-state index in [1.165, 1.54) is 5.57 Å². The highest BCUT2D eigenvalue weighted by Crippen LogP contribution is 2.24. The average molecular weight is 386 g/mol. The van der Waals surface area contributed by atoms with Crippen molar-refractivity contribution < 1.29 is 14.3 Å². The van der Waals surface area contributed by atoms with Crippen molar-refractivity contribution in [3.8, 4) is 0 Å². The molecule has 0 spiro atoms. The number of carbonyl (C=O) groups excluding carboxylic acids is 1. The van der Waals surface area contributed by atoms with E-state index in [0.717, 1.165) is 24.1 Å². The Morgan fingerprint density at radius 1 is 1.29 bits per heavy atom. The molecule has 1 aromatic carbocycles. The van der Waals surface area contributed by atoms with Gasteiger partial charge in [-0.2, -0.15) is 5.10 Å². The van der Waals surface area contributed by atoms with Gasteiger partial charge < -0.3 is 14.4 Å². The van der Waals surface area contributed by atoms with Crippen molar-refractivity contribution in [2.45, 2.75) is 39.7 Å². The lowest BCUT2D eigenvalue weighted by Gasteiger charge is -2.29. The maximum absolute atomic E-state index is 12.2. The fourth-order valence-corrected chi connectivity index (χ4v) is 2.71. The van der Waals surface area contributed by atoms with Crippen LogP contribution >= 0.6 is 0 Å². The quantitative estimate of drug-likeness (QED) is 0.266. The third-order valence-electron chi connectivity index (χ3n) is 4.09. The Morgan fingerprint density at radius 2 is 2.00 bits per heavy atom. The average Bonchev–Trinajstić information content (AvgIpc) is 2.66. The van der Waals surface area contributed by atoms with E-state index >= 15 is 0 Å². The van der Waals surface area contributed by atoms with Crippen LogP contribution in [0.5, 0.6) is 0 Å². The molecule has 0 atom stereocenters. The lowest BCUT2D eigenvalue weighted by atomic mass is 9.98. The Bertz CT molecular complexity index is 733. The van der Waals surface area contributed by atoms with Gasteiger partial charge in [0.2, 0.25) is 5.90 Å². The Hall–Kier alpha value is -2.67. The highest BCUT2D eigenvalue weighted by molar-refractivity contribution is 5.94. The van der Waals surface area contributed by atoms with Gasteiger partial charge in [0.25, 0.3) is 0 Å². The van der Waals surface area contributed by atoms with Crippen molar-refractivity contribution >= 4 is 24.3 Å². The molecule has 0 bridgehead atoms. The van der Waals surface area contributed by atoms with Crippen molar-refractivity contribution in [1.82, 2.24) is 10.2 Å². The van der Waals surface area contributed by atoms with Crippen molar-refractivity contribution in [3.63, 3.8) is 0 Å². The lowest BCUT2D eigenvalue weighted by molar-refractivity contribution is 0.0270. The summed E-state index contributed by atoms with van der Waals surface area (Å²) in [6, 6.07) is 7.96. The summed E-state index contributed by atoms with van der Waals surface area (Å²) in [6.45, 7) is 13.4. The molecule has 7 nitrogen and oxygen atoms in total. The van der Waals surface area contributed by atoms with Crippen LogP contribution in [0.4, 0.5) is 4.79 Å². The number of ether oxygens (including phenoxy) is 2. The highest BCUT2D eigenvalue weighted by atomic mass is 16.6. The summed E-state index contributed by atoms with van der Waals surface area (Å²) in [4.78, 5) is 13.9. The molecule has 2 rings (SSSR count). The number of hydrogen-bond acceptors (Lipinski definition) is 6. The van der Waals surface area contributed by atoms with Crippen LogP contribution in [0.15, 0.2) is 40.5 Å². The topological polar surface area (TPSA) is 75.5 Å². The molecule has 7 heteroatoms. The summed E-state index contributed by atoms with van der Waals surface area (Å²) >= 11 is 0. The summed E-state index contributed by atoms with van der Waals surface area (Å²) in [5.41, 5.74) is 2.68. The van der Waals surface area contributed by atoms with Crippen LogP contribution in [0.2, 0.25) is 0 Å². The molecule has 1 aromatic rings. The van der Waals surface area contributed by atoms with Crippen LogP contribution in [0.1, 0.15) is 45.2 Å². The van der Waals surface area contributed by atoms with Gasteiger partial charge in [-0.25, -0.2) is 4.79 Å². The van der Waals surface area contributed by atoms with E-state index in [9.17, 15) is 4.79 Å². The van der Waals surface area contributed by atoms with E-state index in [1.807, 2.05) is 52.0 Å². The van der Waals surface area contributed by atoms with E-state index in [2.05, 4.69) is 28.3 Å². The molecule has 0 saturated carbocycles. The van der Waals surface area contributed by atoms with Crippen LogP contribution < -0.4 is 5.32 Å². The predicted molar refractivity (Wildman–Crippen MR) is 113 cm³/mol. The van der Waals surface area contributed by atoms with Gasteiger partial charge in [0.1, 0.15) is 12.3 Å². The monoisotopic (exact) mass is 386 g/mol. The maximum Gasteiger partial charge on any atom is 0.410 e. The minimum atomic E-state index is -0.481. The first kappa shape index (κ1) is 21.6. The zero-order valence-electron chi connectivity index (χ0n) is 17.2. The fourth-order valence-electron chi connectivity index (χ4n) is 2.71. The molecule has 0 aromatic heterocycles. The Kier molecular flexibility index (Phi) is 7.75. The summed E-state index contributed by atoms with van der Waals surface area (Å²) in [6.07, 6.45) is 2.59. The molecule has 1 aliphatic heterocycles. The van der Waals surface area contributed by atoms with Gasteiger partial charge in [-0.1, -0.05) is 25.1 Å². The molecule has 0 radical (unpaired) electrons. The van der Waals surface area contributed by atoms with Gasteiger partial charge in [-0.15, -0.1) is 5.10 Å². The molecule has 1 aliphatic rings. The van der Waals surface area contributed by atoms with E-state index in [1.54, 1.807) is 4.90 Å². The van der Waals surface area contributed by atoms with E-state index in [0.29, 0.717) is 25.7 Å².